The minimum atomic E-state index is 0.676. The zero-order valence-corrected chi connectivity index (χ0v) is 11.9. The van der Waals surface area contributed by atoms with E-state index in [4.69, 9.17) is 0 Å². The first-order chi connectivity index (χ1) is 8.22. The molecule has 0 aromatic heterocycles. The van der Waals surface area contributed by atoms with Crippen LogP contribution < -0.4 is 5.32 Å². The van der Waals surface area contributed by atoms with E-state index in [2.05, 4.69) is 25.7 Å². The van der Waals surface area contributed by atoms with Gasteiger partial charge in [0.25, 0.3) is 0 Å². The van der Waals surface area contributed by atoms with Crippen molar-refractivity contribution in [1.29, 1.82) is 0 Å². The Balaban J connectivity index is 2.36. The Hall–Kier alpha value is -0.300. The smallest absolute Gasteiger partial charge is 0.0107 e. The molecule has 100 valence electrons. The van der Waals surface area contributed by atoms with Crippen molar-refractivity contribution in [2.24, 2.45) is 5.92 Å². The maximum atomic E-state index is 4.07. The number of hydrogen-bond acceptors (Lipinski definition) is 1. The molecule has 17 heavy (non-hydrogen) atoms. The lowest BCUT2D eigenvalue weighted by Gasteiger charge is -2.24. The zero-order chi connectivity index (χ0) is 12.5. The quantitative estimate of drug-likeness (QED) is 0.501. The summed E-state index contributed by atoms with van der Waals surface area (Å²) in [7, 11) is 0. The first kappa shape index (κ1) is 14.8. The van der Waals surface area contributed by atoms with Gasteiger partial charge in [-0.25, -0.2) is 0 Å². The fourth-order valence-corrected chi connectivity index (χ4v) is 3.01. The van der Waals surface area contributed by atoms with Crippen molar-refractivity contribution in [3.63, 3.8) is 0 Å². The third-order valence-electron chi connectivity index (χ3n) is 3.87. The number of nitrogens with one attached hydrogen (secondary N) is 1. The van der Waals surface area contributed by atoms with Crippen molar-refractivity contribution >= 4 is 0 Å². The molecule has 0 spiro atoms. The van der Waals surface area contributed by atoms with Crippen molar-refractivity contribution in [3.8, 4) is 0 Å². The van der Waals surface area contributed by atoms with E-state index in [1.54, 1.807) is 0 Å². The van der Waals surface area contributed by atoms with Crippen molar-refractivity contribution < 1.29 is 0 Å². The van der Waals surface area contributed by atoms with Gasteiger partial charge in [-0.05, 0) is 38.6 Å². The van der Waals surface area contributed by atoms with Gasteiger partial charge in [-0.3, -0.25) is 0 Å². The predicted octanol–water partition coefficient (Wildman–Crippen LogP) is 4.68. The summed E-state index contributed by atoms with van der Waals surface area (Å²) in [4.78, 5) is 0. The van der Waals surface area contributed by atoms with Crippen LogP contribution in [0.1, 0.15) is 71.6 Å². The van der Waals surface area contributed by atoms with E-state index in [9.17, 15) is 0 Å². The van der Waals surface area contributed by atoms with Gasteiger partial charge in [-0.2, -0.15) is 0 Å². The van der Waals surface area contributed by atoms with Gasteiger partial charge >= 0.3 is 0 Å². The molecule has 1 saturated carbocycles. The van der Waals surface area contributed by atoms with E-state index in [0.717, 1.165) is 18.9 Å². The summed E-state index contributed by atoms with van der Waals surface area (Å²) in [5, 5.41) is 3.71. The molecule has 1 nitrogen and oxygen atoms in total. The molecule has 1 aliphatic carbocycles. The van der Waals surface area contributed by atoms with Gasteiger partial charge in [0.1, 0.15) is 0 Å². The summed E-state index contributed by atoms with van der Waals surface area (Å²) >= 11 is 0. The van der Waals surface area contributed by atoms with Crippen LogP contribution in [0.2, 0.25) is 0 Å². The molecule has 0 bridgehead atoms. The Bertz CT molecular complexity index is 202. The monoisotopic (exact) mass is 237 g/mol. The van der Waals surface area contributed by atoms with Crippen molar-refractivity contribution in [2.75, 3.05) is 6.54 Å². The molecule has 0 heterocycles. The van der Waals surface area contributed by atoms with E-state index in [1.807, 2.05) is 0 Å². The molecule has 1 heteroatoms. The molecular weight excluding hydrogens is 206 g/mol. The Morgan fingerprint density at radius 1 is 1.24 bits per heavy atom. The standard InChI is InChI=1S/C16H31N/c1-4-11-17-16(12-14(2)3)13-15-9-7-5-6-8-10-15/h15-17H,2,4-13H2,1,3H3. The van der Waals surface area contributed by atoms with Crippen molar-refractivity contribution in [1.82, 2.24) is 5.32 Å². The summed E-state index contributed by atoms with van der Waals surface area (Å²) in [6.07, 6.45) is 12.5. The van der Waals surface area contributed by atoms with Gasteiger partial charge in [-0.15, -0.1) is 6.58 Å². The minimum Gasteiger partial charge on any atom is -0.314 e. The van der Waals surface area contributed by atoms with Crippen LogP contribution >= 0.6 is 0 Å². The molecule has 0 aromatic carbocycles. The molecule has 0 saturated heterocycles. The van der Waals surface area contributed by atoms with E-state index < -0.39 is 0 Å². The van der Waals surface area contributed by atoms with Crippen molar-refractivity contribution in [3.05, 3.63) is 12.2 Å². The Labute approximate surface area is 108 Å². The zero-order valence-electron chi connectivity index (χ0n) is 11.9. The predicted molar refractivity (Wildman–Crippen MR) is 77.3 cm³/mol. The van der Waals surface area contributed by atoms with E-state index in [-0.39, 0.29) is 0 Å². The molecule has 0 aliphatic heterocycles. The lowest BCUT2D eigenvalue weighted by molar-refractivity contribution is 0.349. The second-order valence-electron chi connectivity index (χ2n) is 5.91. The maximum absolute atomic E-state index is 4.07. The number of hydrogen-bond donors (Lipinski definition) is 1. The highest BCUT2D eigenvalue weighted by atomic mass is 14.9. The summed E-state index contributed by atoms with van der Waals surface area (Å²) in [5.74, 6) is 0.964. The maximum Gasteiger partial charge on any atom is 0.0107 e. The van der Waals surface area contributed by atoms with Crippen LogP contribution in [-0.4, -0.2) is 12.6 Å². The van der Waals surface area contributed by atoms with Gasteiger partial charge in [0.05, 0.1) is 0 Å². The highest BCUT2D eigenvalue weighted by Gasteiger charge is 2.17. The molecule has 1 unspecified atom stereocenters. The summed E-state index contributed by atoms with van der Waals surface area (Å²) < 4.78 is 0. The van der Waals surface area contributed by atoms with Gasteiger partial charge in [-0.1, -0.05) is 51.0 Å². The Kier molecular flexibility index (Phi) is 7.59. The fourth-order valence-electron chi connectivity index (χ4n) is 3.01. The molecule has 1 N–H and O–H groups in total. The number of rotatable bonds is 7. The average Bonchev–Trinajstić information content (AvgIpc) is 2.53. The third kappa shape index (κ3) is 6.88. The molecule has 1 rings (SSSR count). The molecular formula is C16H31N. The Morgan fingerprint density at radius 2 is 1.88 bits per heavy atom. The van der Waals surface area contributed by atoms with Crippen LogP contribution in [0.3, 0.4) is 0 Å². The second-order valence-corrected chi connectivity index (χ2v) is 5.91. The topological polar surface area (TPSA) is 12.0 Å². The lowest BCUT2D eigenvalue weighted by atomic mass is 9.90. The van der Waals surface area contributed by atoms with E-state index in [0.29, 0.717) is 6.04 Å². The van der Waals surface area contributed by atoms with Crippen molar-refractivity contribution in [2.45, 2.75) is 77.7 Å². The fraction of sp³-hybridized carbons (Fsp3) is 0.875. The first-order valence-electron chi connectivity index (χ1n) is 7.60. The van der Waals surface area contributed by atoms with E-state index in [1.165, 1.54) is 56.9 Å². The third-order valence-corrected chi connectivity index (χ3v) is 3.87. The minimum absolute atomic E-state index is 0.676. The van der Waals surface area contributed by atoms with Gasteiger partial charge in [0.15, 0.2) is 0 Å². The molecule has 0 amide bonds. The van der Waals surface area contributed by atoms with E-state index >= 15 is 0 Å². The normalized spacial score (nSPS) is 19.9. The lowest BCUT2D eigenvalue weighted by Crippen LogP contribution is -2.32. The molecule has 0 radical (unpaired) electrons. The summed E-state index contributed by atoms with van der Waals surface area (Å²) in [5.41, 5.74) is 1.33. The van der Waals surface area contributed by atoms with Crippen LogP contribution in [0.4, 0.5) is 0 Å². The first-order valence-corrected chi connectivity index (χ1v) is 7.60. The van der Waals surface area contributed by atoms with Gasteiger partial charge < -0.3 is 5.32 Å². The second kappa shape index (κ2) is 8.74. The van der Waals surface area contributed by atoms with Crippen LogP contribution in [0.25, 0.3) is 0 Å². The van der Waals surface area contributed by atoms with Crippen LogP contribution in [0, 0.1) is 5.92 Å². The average molecular weight is 237 g/mol. The van der Waals surface area contributed by atoms with Gasteiger partial charge in [0.2, 0.25) is 0 Å². The Morgan fingerprint density at radius 3 is 2.41 bits per heavy atom. The van der Waals surface area contributed by atoms with Crippen LogP contribution in [-0.2, 0) is 0 Å². The largest absolute Gasteiger partial charge is 0.314 e. The van der Waals surface area contributed by atoms with Crippen LogP contribution in [0.5, 0.6) is 0 Å². The SMILES string of the molecule is C=C(C)CC(CC1CCCCCC1)NCCC. The van der Waals surface area contributed by atoms with Gasteiger partial charge in [0, 0.05) is 6.04 Å². The molecule has 1 aliphatic rings. The highest BCUT2D eigenvalue weighted by molar-refractivity contribution is 4.93. The molecule has 0 aromatic rings. The summed E-state index contributed by atoms with van der Waals surface area (Å²) in [6.45, 7) is 9.64. The van der Waals surface area contributed by atoms with Crippen LogP contribution in [0.15, 0.2) is 12.2 Å². The summed E-state index contributed by atoms with van der Waals surface area (Å²) in [6, 6.07) is 0.676. The molecule has 1 atom stereocenters. The molecule has 1 fully saturated rings. The highest BCUT2D eigenvalue weighted by Crippen LogP contribution is 2.27.